The van der Waals surface area contributed by atoms with Crippen LogP contribution in [0.2, 0.25) is 5.02 Å². The van der Waals surface area contributed by atoms with Crippen LogP contribution in [-0.4, -0.2) is 30.2 Å². The van der Waals surface area contributed by atoms with Crippen molar-refractivity contribution in [1.29, 1.82) is 0 Å². The van der Waals surface area contributed by atoms with Gasteiger partial charge in [0.1, 0.15) is 35.3 Å². The summed E-state index contributed by atoms with van der Waals surface area (Å²) in [6, 6.07) is 16.8. The van der Waals surface area contributed by atoms with E-state index in [-0.39, 0.29) is 16.5 Å². The molecule has 33 heavy (non-hydrogen) atoms. The number of ether oxygens (including phenoxy) is 2. The van der Waals surface area contributed by atoms with E-state index in [4.69, 9.17) is 21.1 Å². The Morgan fingerprint density at radius 3 is 2.64 bits per heavy atom. The fourth-order valence-electron chi connectivity index (χ4n) is 3.81. The van der Waals surface area contributed by atoms with Crippen LogP contribution in [0.25, 0.3) is 10.9 Å². The number of fused-ring (bicyclic) bond motifs is 1. The molecule has 1 aliphatic heterocycles. The molecule has 1 aromatic heterocycles. The van der Waals surface area contributed by atoms with E-state index in [1.807, 2.05) is 42.5 Å². The van der Waals surface area contributed by atoms with Crippen molar-refractivity contribution in [1.82, 2.24) is 15.3 Å². The van der Waals surface area contributed by atoms with E-state index in [0.717, 1.165) is 35.4 Å². The van der Waals surface area contributed by atoms with Gasteiger partial charge in [-0.2, -0.15) is 0 Å². The van der Waals surface area contributed by atoms with Gasteiger partial charge in [0.05, 0.1) is 18.3 Å². The molecule has 5 rings (SSSR count). The van der Waals surface area contributed by atoms with E-state index in [9.17, 15) is 0 Å². The third kappa shape index (κ3) is 4.29. The molecule has 0 saturated carbocycles. The van der Waals surface area contributed by atoms with Crippen LogP contribution in [0.4, 0.5) is 15.9 Å². The molecule has 0 spiro atoms. The number of nitrogens with one attached hydrogen (secondary N) is 2. The Labute approximate surface area is 195 Å². The second-order valence-electron chi connectivity index (χ2n) is 7.83. The van der Waals surface area contributed by atoms with Gasteiger partial charge in [-0.05, 0) is 23.8 Å². The van der Waals surface area contributed by atoms with Crippen molar-refractivity contribution < 1.29 is 13.9 Å². The first-order chi connectivity index (χ1) is 16.1. The highest BCUT2D eigenvalue weighted by Crippen LogP contribution is 2.37. The first-order valence-electron chi connectivity index (χ1n) is 10.6. The lowest BCUT2D eigenvalue weighted by atomic mass is 9.91. The molecule has 0 atom stereocenters. The van der Waals surface area contributed by atoms with Crippen molar-refractivity contribution >= 4 is 34.0 Å². The molecule has 3 aromatic carbocycles. The van der Waals surface area contributed by atoms with Crippen LogP contribution in [0.15, 0.2) is 60.9 Å². The molecule has 0 amide bonds. The number of hydrogen-bond acceptors (Lipinski definition) is 6. The number of benzene rings is 3. The van der Waals surface area contributed by atoms with Crippen molar-refractivity contribution in [2.75, 3.05) is 25.5 Å². The lowest BCUT2D eigenvalue weighted by Gasteiger charge is -2.29. The summed E-state index contributed by atoms with van der Waals surface area (Å²) in [5.74, 6) is 1.30. The predicted octanol–water partition coefficient (Wildman–Crippen LogP) is 5.44. The molecule has 0 bridgehead atoms. The minimum Gasteiger partial charge on any atom is -0.496 e. The van der Waals surface area contributed by atoms with E-state index in [2.05, 4.69) is 20.6 Å². The Bertz CT molecular complexity index is 1300. The van der Waals surface area contributed by atoms with Gasteiger partial charge < -0.3 is 20.1 Å². The van der Waals surface area contributed by atoms with Crippen LogP contribution in [-0.2, 0) is 6.61 Å². The highest BCUT2D eigenvalue weighted by Gasteiger charge is 2.24. The van der Waals surface area contributed by atoms with E-state index >= 15 is 4.39 Å². The molecule has 0 unspecified atom stereocenters. The maximum Gasteiger partial charge on any atom is 0.169 e. The van der Waals surface area contributed by atoms with Crippen LogP contribution in [0.5, 0.6) is 11.5 Å². The van der Waals surface area contributed by atoms with Gasteiger partial charge >= 0.3 is 0 Å². The van der Waals surface area contributed by atoms with Crippen molar-refractivity contribution in [2.45, 2.75) is 12.5 Å². The van der Waals surface area contributed by atoms with Crippen molar-refractivity contribution in [3.8, 4) is 11.5 Å². The summed E-state index contributed by atoms with van der Waals surface area (Å²) in [5.41, 5.74) is 2.95. The van der Waals surface area contributed by atoms with Crippen LogP contribution >= 0.6 is 11.6 Å². The van der Waals surface area contributed by atoms with E-state index < -0.39 is 5.82 Å². The molecule has 1 saturated heterocycles. The molecule has 0 aliphatic carbocycles. The monoisotopic (exact) mass is 464 g/mol. The topological polar surface area (TPSA) is 68.3 Å². The third-order valence-corrected chi connectivity index (χ3v) is 6.10. The van der Waals surface area contributed by atoms with Crippen LogP contribution < -0.4 is 20.1 Å². The zero-order valence-corrected chi connectivity index (χ0v) is 18.7. The van der Waals surface area contributed by atoms with E-state index in [1.165, 1.54) is 6.33 Å². The third-order valence-electron chi connectivity index (χ3n) is 5.75. The summed E-state index contributed by atoms with van der Waals surface area (Å²) in [6.45, 7) is 2.06. The number of aromatic nitrogens is 2. The molecule has 4 aromatic rings. The number of nitrogens with zero attached hydrogens (tertiary/aromatic N) is 2. The molecule has 0 radical (unpaired) electrons. The second-order valence-corrected chi connectivity index (χ2v) is 8.21. The maximum atomic E-state index is 15.1. The molecule has 6 nitrogen and oxygen atoms in total. The van der Waals surface area contributed by atoms with Crippen LogP contribution in [0, 0.1) is 5.82 Å². The Morgan fingerprint density at radius 1 is 1.09 bits per heavy atom. The molecule has 168 valence electrons. The zero-order valence-electron chi connectivity index (χ0n) is 17.9. The minimum atomic E-state index is -0.606. The summed E-state index contributed by atoms with van der Waals surface area (Å²) in [6.07, 6.45) is 1.44. The summed E-state index contributed by atoms with van der Waals surface area (Å²) >= 11 is 6.29. The molecule has 2 heterocycles. The van der Waals surface area contributed by atoms with Gasteiger partial charge in [-0.15, -0.1) is 0 Å². The minimum absolute atomic E-state index is 0.0859. The standard InChI is InChI=1S/C25H22ClFN4O2/c1-32-22-10-20-18(9-17(22)16-11-28-12-16)25(30-14-29-20)31-19-7-8-21(23(26)24(19)27)33-13-15-5-3-2-4-6-15/h2-10,14,16,28H,11-13H2,1H3,(H,29,30,31). The molecular formula is C25H22ClFN4O2. The molecule has 1 aliphatic rings. The van der Waals surface area contributed by atoms with Gasteiger partial charge in [0, 0.05) is 36.0 Å². The Morgan fingerprint density at radius 2 is 1.91 bits per heavy atom. The fraction of sp³-hybridized carbons (Fsp3) is 0.200. The summed E-state index contributed by atoms with van der Waals surface area (Å²) < 4.78 is 26.4. The number of anilines is 2. The van der Waals surface area contributed by atoms with Crippen molar-refractivity contribution in [3.63, 3.8) is 0 Å². The average Bonchev–Trinajstić information content (AvgIpc) is 2.81. The molecule has 8 heteroatoms. The SMILES string of the molecule is COc1cc2ncnc(Nc3ccc(OCc4ccccc4)c(Cl)c3F)c2cc1C1CNC1. The smallest absolute Gasteiger partial charge is 0.169 e. The lowest BCUT2D eigenvalue weighted by Crippen LogP contribution is -2.40. The van der Waals surface area contributed by atoms with Gasteiger partial charge in [0.2, 0.25) is 0 Å². The summed E-state index contributed by atoms with van der Waals surface area (Å²) in [7, 11) is 1.65. The van der Waals surface area contributed by atoms with Crippen molar-refractivity contribution in [2.24, 2.45) is 0 Å². The van der Waals surface area contributed by atoms with Gasteiger partial charge in [-0.3, -0.25) is 0 Å². The van der Waals surface area contributed by atoms with Crippen LogP contribution in [0.1, 0.15) is 17.0 Å². The molecule has 1 fully saturated rings. The fourth-order valence-corrected chi connectivity index (χ4v) is 4.03. The Hall–Kier alpha value is -3.42. The predicted molar refractivity (Wildman–Crippen MR) is 127 cm³/mol. The second kappa shape index (κ2) is 9.21. The average molecular weight is 465 g/mol. The van der Waals surface area contributed by atoms with Gasteiger partial charge in [-0.1, -0.05) is 41.9 Å². The highest BCUT2D eigenvalue weighted by atomic mass is 35.5. The van der Waals surface area contributed by atoms with Gasteiger partial charge in [0.25, 0.3) is 0 Å². The largest absolute Gasteiger partial charge is 0.496 e. The number of methoxy groups -OCH3 is 1. The van der Waals surface area contributed by atoms with Crippen LogP contribution in [0.3, 0.4) is 0 Å². The molecular weight excluding hydrogens is 443 g/mol. The molecule has 2 N–H and O–H groups in total. The number of rotatable bonds is 7. The van der Waals surface area contributed by atoms with Gasteiger partial charge in [0.15, 0.2) is 5.82 Å². The Kier molecular flexibility index (Phi) is 5.98. The van der Waals surface area contributed by atoms with E-state index in [0.29, 0.717) is 23.9 Å². The van der Waals surface area contributed by atoms with Crippen molar-refractivity contribution in [3.05, 3.63) is 82.9 Å². The van der Waals surface area contributed by atoms with E-state index in [1.54, 1.807) is 19.2 Å². The zero-order chi connectivity index (χ0) is 22.8. The first-order valence-corrected chi connectivity index (χ1v) is 11.0. The summed E-state index contributed by atoms with van der Waals surface area (Å²) in [4.78, 5) is 8.71. The maximum absolute atomic E-state index is 15.1. The Balaban J connectivity index is 1.43. The first kappa shape index (κ1) is 21.4. The number of halogens is 2. The quantitative estimate of drug-likeness (QED) is 0.379. The normalized spacial score (nSPS) is 13.5. The summed E-state index contributed by atoms with van der Waals surface area (Å²) in [5, 5.41) is 7.04. The number of hydrogen-bond donors (Lipinski definition) is 2. The highest BCUT2D eigenvalue weighted by molar-refractivity contribution is 6.32. The lowest BCUT2D eigenvalue weighted by molar-refractivity contribution is 0.305. The van der Waals surface area contributed by atoms with Gasteiger partial charge in [-0.25, -0.2) is 14.4 Å².